The first kappa shape index (κ1) is 50.8. The number of hydrogen-bond donors (Lipinski definition) is 3. The highest BCUT2D eigenvalue weighted by atomic mass is 16.3. The van der Waals surface area contributed by atoms with Crippen LogP contribution in [0.1, 0.15) is 168 Å². The molecule has 4 nitrogen and oxygen atoms in total. The van der Waals surface area contributed by atoms with E-state index in [9.17, 15) is 15.0 Å². The van der Waals surface area contributed by atoms with Crippen molar-refractivity contribution in [1.82, 2.24) is 5.32 Å². The molecule has 54 heavy (non-hydrogen) atoms. The summed E-state index contributed by atoms with van der Waals surface area (Å²) in [6.45, 7) is 4.12. The molecular formula is C50H81NO3. The van der Waals surface area contributed by atoms with Gasteiger partial charge in [0.2, 0.25) is 5.91 Å². The number of aliphatic hydroxyl groups is 2. The molecule has 0 saturated heterocycles. The molecule has 0 fully saturated rings. The van der Waals surface area contributed by atoms with Crippen LogP contribution < -0.4 is 5.32 Å². The third kappa shape index (κ3) is 40.0. The molecular weight excluding hydrogens is 663 g/mol. The molecule has 0 radical (unpaired) electrons. The number of carbonyl (C=O) groups is 1. The summed E-state index contributed by atoms with van der Waals surface area (Å²) < 4.78 is 0. The summed E-state index contributed by atoms with van der Waals surface area (Å²) in [5.74, 6) is -0.0975. The molecule has 2 unspecified atom stereocenters. The Morgan fingerprint density at radius 2 is 0.833 bits per heavy atom. The van der Waals surface area contributed by atoms with Gasteiger partial charge in [0.15, 0.2) is 0 Å². The van der Waals surface area contributed by atoms with Crippen LogP contribution in [0.4, 0.5) is 0 Å². The van der Waals surface area contributed by atoms with E-state index in [4.69, 9.17) is 0 Å². The van der Waals surface area contributed by atoms with Gasteiger partial charge in [0.1, 0.15) is 0 Å². The molecule has 0 rings (SSSR count). The molecule has 2 atom stereocenters. The third-order valence-corrected chi connectivity index (χ3v) is 8.91. The lowest BCUT2D eigenvalue weighted by molar-refractivity contribution is -0.123. The predicted octanol–water partition coefficient (Wildman–Crippen LogP) is 13.8. The highest BCUT2D eigenvalue weighted by Gasteiger charge is 2.17. The monoisotopic (exact) mass is 744 g/mol. The Kier molecular flexibility index (Phi) is 41.6. The van der Waals surface area contributed by atoms with Crippen molar-refractivity contribution in [3.8, 4) is 0 Å². The molecule has 0 aromatic rings. The van der Waals surface area contributed by atoms with Crippen LogP contribution in [-0.4, -0.2) is 34.9 Å². The average molecular weight is 744 g/mol. The van der Waals surface area contributed by atoms with E-state index in [1.165, 1.54) is 51.4 Å². The van der Waals surface area contributed by atoms with Gasteiger partial charge >= 0.3 is 0 Å². The zero-order valence-corrected chi connectivity index (χ0v) is 34.7. The zero-order chi connectivity index (χ0) is 39.3. The summed E-state index contributed by atoms with van der Waals surface area (Å²) in [6, 6.07) is -0.659. The highest BCUT2D eigenvalue weighted by molar-refractivity contribution is 5.76. The highest BCUT2D eigenvalue weighted by Crippen LogP contribution is 2.11. The first-order valence-corrected chi connectivity index (χ1v) is 21.7. The van der Waals surface area contributed by atoms with Gasteiger partial charge in [-0.25, -0.2) is 0 Å². The van der Waals surface area contributed by atoms with Gasteiger partial charge in [-0.3, -0.25) is 4.79 Å². The molecule has 0 aliphatic carbocycles. The van der Waals surface area contributed by atoms with Crippen LogP contribution in [0.15, 0.2) is 122 Å². The minimum absolute atomic E-state index is 0.0975. The largest absolute Gasteiger partial charge is 0.394 e. The fourth-order valence-electron chi connectivity index (χ4n) is 5.60. The third-order valence-electron chi connectivity index (χ3n) is 8.91. The van der Waals surface area contributed by atoms with Crippen LogP contribution in [-0.2, 0) is 4.79 Å². The Hall–Kier alpha value is -3.21. The van der Waals surface area contributed by atoms with E-state index in [1.54, 1.807) is 6.08 Å². The van der Waals surface area contributed by atoms with Crippen molar-refractivity contribution in [2.75, 3.05) is 6.61 Å². The van der Waals surface area contributed by atoms with Crippen molar-refractivity contribution < 1.29 is 15.0 Å². The molecule has 3 N–H and O–H groups in total. The van der Waals surface area contributed by atoms with Gasteiger partial charge in [0.05, 0.1) is 18.8 Å². The number of unbranched alkanes of at least 4 members (excludes halogenated alkanes) is 12. The van der Waals surface area contributed by atoms with Crippen LogP contribution in [0, 0.1) is 0 Å². The van der Waals surface area contributed by atoms with Crippen LogP contribution in [0.5, 0.6) is 0 Å². The number of amides is 1. The Morgan fingerprint density at radius 3 is 1.30 bits per heavy atom. The summed E-state index contributed by atoms with van der Waals surface area (Å²) in [5.41, 5.74) is 0. The van der Waals surface area contributed by atoms with Crippen molar-refractivity contribution in [3.05, 3.63) is 122 Å². The molecule has 0 spiro atoms. The number of nitrogens with one attached hydrogen (secondary N) is 1. The topological polar surface area (TPSA) is 69.6 Å². The summed E-state index contributed by atoms with van der Waals surface area (Å²) in [7, 11) is 0. The fraction of sp³-hybridized carbons (Fsp3) is 0.580. The quantitative estimate of drug-likeness (QED) is 0.0438. The van der Waals surface area contributed by atoms with Crippen molar-refractivity contribution >= 4 is 5.91 Å². The fourth-order valence-corrected chi connectivity index (χ4v) is 5.60. The molecule has 0 aromatic heterocycles. The molecule has 0 aliphatic heterocycles. The minimum atomic E-state index is -0.882. The van der Waals surface area contributed by atoms with Gasteiger partial charge in [-0.05, 0) is 103 Å². The van der Waals surface area contributed by atoms with Crippen molar-refractivity contribution in [3.63, 3.8) is 0 Å². The molecule has 0 aliphatic rings. The summed E-state index contributed by atoms with van der Waals surface area (Å²) in [5, 5.41) is 22.9. The van der Waals surface area contributed by atoms with E-state index in [0.717, 1.165) is 96.3 Å². The lowest BCUT2D eigenvalue weighted by atomic mass is 10.1. The number of carbonyl (C=O) groups excluding carboxylic acids is 1. The molecule has 0 aromatic carbocycles. The average Bonchev–Trinajstić information content (AvgIpc) is 3.18. The number of hydrogen-bond acceptors (Lipinski definition) is 3. The second-order valence-electron chi connectivity index (χ2n) is 14.0. The first-order chi connectivity index (χ1) is 26.7. The Labute approximate surface area is 333 Å². The Morgan fingerprint density at radius 1 is 0.463 bits per heavy atom. The van der Waals surface area contributed by atoms with E-state index in [0.29, 0.717) is 6.42 Å². The SMILES string of the molecule is CC/C=C\C/C=C\C/C=C\C/C=C\C/C=C\C/C=C\C/C=C\CCCCCCCCCC(=O)NC(CO)C(O)/C=C/CC/C=C/CC/C=C/CCCCC. The summed E-state index contributed by atoms with van der Waals surface area (Å²) in [4.78, 5) is 12.4. The van der Waals surface area contributed by atoms with Crippen LogP contribution in [0.25, 0.3) is 0 Å². The van der Waals surface area contributed by atoms with Crippen LogP contribution >= 0.6 is 0 Å². The molecule has 304 valence electrons. The molecule has 0 saturated carbocycles. The normalized spacial score (nSPS) is 14.2. The van der Waals surface area contributed by atoms with E-state index < -0.39 is 12.1 Å². The van der Waals surface area contributed by atoms with Gasteiger partial charge in [-0.15, -0.1) is 0 Å². The standard InChI is InChI=1S/C50H81NO3/c1-3-5-7-9-11-13-15-17-18-19-20-21-22-23-24-25-26-27-28-29-30-31-32-34-36-38-40-42-44-46-50(54)51-48(47-52)49(53)45-43-41-39-37-35-33-16-14-12-10-8-6-4-2/h5,7,11-14,17-18,20-21,23-24,26-27,29-30,35,37,43,45,48-49,52-53H,3-4,6,8-10,15-16,19,22,25,28,31-34,36,38-42,44,46-47H2,1-2H3,(H,51,54)/b7-5-,13-11-,14-12+,18-17-,21-20-,24-23-,27-26-,30-29-,37-35+,45-43+. The lowest BCUT2D eigenvalue weighted by Gasteiger charge is -2.19. The maximum absolute atomic E-state index is 12.4. The van der Waals surface area contributed by atoms with Crippen molar-refractivity contribution in [2.24, 2.45) is 0 Å². The van der Waals surface area contributed by atoms with E-state index >= 15 is 0 Å². The van der Waals surface area contributed by atoms with E-state index in [2.05, 4.69) is 129 Å². The Bertz CT molecular complexity index is 1120. The van der Waals surface area contributed by atoms with Gasteiger partial charge in [-0.1, -0.05) is 180 Å². The van der Waals surface area contributed by atoms with Gasteiger partial charge in [0, 0.05) is 6.42 Å². The molecule has 0 bridgehead atoms. The van der Waals surface area contributed by atoms with E-state index in [1.807, 2.05) is 6.08 Å². The second-order valence-corrected chi connectivity index (χ2v) is 14.0. The van der Waals surface area contributed by atoms with Gasteiger partial charge in [0.25, 0.3) is 0 Å². The molecule has 0 heterocycles. The molecule has 1 amide bonds. The smallest absolute Gasteiger partial charge is 0.220 e. The Balaban J connectivity index is 3.71. The van der Waals surface area contributed by atoms with Gasteiger partial charge in [-0.2, -0.15) is 0 Å². The van der Waals surface area contributed by atoms with E-state index in [-0.39, 0.29) is 12.5 Å². The number of rotatable bonds is 37. The lowest BCUT2D eigenvalue weighted by Crippen LogP contribution is -2.45. The maximum Gasteiger partial charge on any atom is 0.220 e. The second kappa shape index (κ2) is 44.2. The zero-order valence-electron chi connectivity index (χ0n) is 34.7. The van der Waals surface area contributed by atoms with Crippen LogP contribution in [0.3, 0.4) is 0 Å². The summed E-state index contributed by atoms with van der Waals surface area (Å²) >= 11 is 0. The van der Waals surface area contributed by atoms with Crippen molar-refractivity contribution in [2.45, 2.75) is 180 Å². The number of allylic oxidation sites excluding steroid dienone is 19. The minimum Gasteiger partial charge on any atom is -0.394 e. The number of aliphatic hydroxyl groups excluding tert-OH is 2. The maximum atomic E-state index is 12.4. The summed E-state index contributed by atoms with van der Waals surface area (Å²) in [6.07, 6.45) is 68.7. The van der Waals surface area contributed by atoms with Crippen molar-refractivity contribution in [1.29, 1.82) is 0 Å². The predicted molar refractivity (Wildman–Crippen MR) is 239 cm³/mol. The van der Waals surface area contributed by atoms with Crippen LogP contribution in [0.2, 0.25) is 0 Å². The molecule has 4 heteroatoms. The first-order valence-electron chi connectivity index (χ1n) is 21.7. The van der Waals surface area contributed by atoms with Gasteiger partial charge < -0.3 is 15.5 Å².